The van der Waals surface area contributed by atoms with Crippen molar-refractivity contribution in [3.63, 3.8) is 0 Å². The highest BCUT2D eigenvalue weighted by molar-refractivity contribution is 8.01. The van der Waals surface area contributed by atoms with Crippen LogP contribution in [0.1, 0.15) is 13.3 Å². The lowest BCUT2D eigenvalue weighted by atomic mass is 10.3. The van der Waals surface area contributed by atoms with Crippen molar-refractivity contribution in [1.29, 1.82) is 0 Å². The van der Waals surface area contributed by atoms with Gasteiger partial charge in [0.25, 0.3) is 0 Å². The van der Waals surface area contributed by atoms with Gasteiger partial charge in [-0.15, -0.1) is 11.8 Å². The summed E-state index contributed by atoms with van der Waals surface area (Å²) in [5.41, 5.74) is 0.531. The Morgan fingerprint density at radius 1 is 1.37 bits per heavy atom. The van der Waals surface area contributed by atoms with Crippen LogP contribution in [-0.4, -0.2) is 33.4 Å². The predicted octanol–water partition coefficient (Wildman–Crippen LogP) is 1.52. The molecule has 0 bridgehead atoms. The lowest BCUT2D eigenvalue weighted by Gasteiger charge is -2.15. The van der Waals surface area contributed by atoms with Gasteiger partial charge in [0, 0.05) is 6.42 Å². The smallest absolute Gasteiger partial charge is 0.316 e. The van der Waals surface area contributed by atoms with Crippen molar-refractivity contribution < 1.29 is 19.5 Å². The number of aliphatic carboxylic acids is 1. The molecule has 2 amide bonds. The van der Waals surface area contributed by atoms with Crippen LogP contribution < -0.4 is 4.90 Å². The molecule has 6 heteroatoms. The Bertz CT molecular complexity index is 517. The van der Waals surface area contributed by atoms with Crippen LogP contribution in [-0.2, 0) is 14.4 Å². The van der Waals surface area contributed by atoms with E-state index >= 15 is 0 Å². The van der Waals surface area contributed by atoms with Crippen LogP contribution in [0, 0.1) is 0 Å². The minimum Gasteiger partial charge on any atom is -0.480 e. The monoisotopic (exact) mass is 279 g/mol. The van der Waals surface area contributed by atoms with Crippen LogP contribution in [0.5, 0.6) is 0 Å². The van der Waals surface area contributed by atoms with E-state index in [-0.39, 0.29) is 18.2 Å². The number of carbonyl (C=O) groups excluding carboxylic acids is 2. The summed E-state index contributed by atoms with van der Waals surface area (Å²) in [6.07, 6.45) is 0.0516. The fourth-order valence-corrected chi connectivity index (χ4v) is 2.93. The average Bonchev–Trinajstić information content (AvgIpc) is 2.65. The second kappa shape index (κ2) is 5.44. The summed E-state index contributed by atoms with van der Waals surface area (Å²) in [5.74, 6) is -1.61. The molecule has 0 aliphatic carbocycles. The highest BCUT2D eigenvalue weighted by Gasteiger charge is 2.41. The Morgan fingerprint density at radius 2 is 2.00 bits per heavy atom. The van der Waals surface area contributed by atoms with Gasteiger partial charge in [-0.3, -0.25) is 14.4 Å². The number of carbonyl (C=O) groups is 3. The number of para-hydroxylation sites is 1. The second-order valence-electron chi connectivity index (χ2n) is 4.21. The molecule has 5 nitrogen and oxygen atoms in total. The van der Waals surface area contributed by atoms with E-state index < -0.39 is 16.5 Å². The van der Waals surface area contributed by atoms with E-state index in [1.54, 1.807) is 30.3 Å². The van der Waals surface area contributed by atoms with Gasteiger partial charge in [0.1, 0.15) is 5.25 Å². The van der Waals surface area contributed by atoms with E-state index in [1.807, 2.05) is 0 Å². The molecule has 2 atom stereocenters. The summed E-state index contributed by atoms with van der Waals surface area (Å²) in [6.45, 7) is 1.51. The van der Waals surface area contributed by atoms with Crippen LogP contribution in [0.15, 0.2) is 30.3 Å². The summed E-state index contributed by atoms with van der Waals surface area (Å²) in [4.78, 5) is 36.0. The molecule has 1 fully saturated rings. The number of rotatable bonds is 4. The molecule has 1 N–H and O–H groups in total. The molecule has 100 valence electrons. The first-order chi connectivity index (χ1) is 9.00. The van der Waals surface area contributed by atoms with Crippen molar-refractivity contribution >= 4 is 35.2 Å². The van der Waals surface area contributed by atoms with Crippen molar-refractivity contribution in [1.82, 2.24) is 0 Å². The van der Waals surface area contributed by atoms with Crippen molar-refractivity contribution in [2.24, 2.45) is 0 Å². The van der Waals surface area contributed by atoms with Gasteiger partial charge in [0.05, 0.1) is 10.9 Å². The number of carboxylic acids is 1. The SMILES string of the molecule is C[C@H](S[C@@H]1CC(=O)N(c2ccccc2)C1=O)C(=O)O. The second-order valence-corrected chi connectivity index (χ2v) is 5.76. The molecular formula is C13H13NO4S. The van der Waals surface area contributed by atoms with Crippen LogP contribution in [0.25, 0.3) is 0 Å². The summed E-state index contributed by atoms with van der Waals surface area (Å²) in [5, 5.41) is 7.52. The maximum Gasteiger partial charge on any atom is 0.316 e. The molecule has 1 saturated heterocycles. The normalized spacial score (nSPS) is 20.7. The molecule has 19 heavy (non-hydrogen) atoms. The molecule has 0 saturated carbocycles. The van der Waals surface area contributed by atoms with Gasteiger partial charge in [-0.05, 0) is 19.1 Å². The number of hydrogen-bond acceptors (Lipinski definition) is 4. The third kappa shape index (κ3) is 2.78. The number of thioether (sulfide) groups is 1. The van der Waals surface area contributed by atoms with Gasteiger partial charge < -0.3 is 5.11 Å². The van der Waals surface area contributed by atoms with Crippen molar-refractivity contribution in [2.45, 2.75) is 23.8 Å². The number of benzene rings is 1. The Labute approximate surface area is 114 Å². The minimum atomic E-state index is -0.983. The number of amides is 2. The number of anilines is 1. The Kier molecular flexibility index (Phi) is 3.90. The van der Waals surface area contributed by atoms with E-state index in [1.165, 1.54) is 6.92 Å². The topological polar surface area (TPSA) is 74.7 Å². The Balaban J connectivity index is 2.15. The molecule has 1 aromatic rings. The maximum absolute atomic E-state index is 12.2. The first-order valence-electron chi connectivity index (χ1n) is 5.81. The molecule has 1 aliphatic rings. The molecule has 1 heterocycles. The summed E-state index contributed by atoms with van der Waals surface area (Å²) in [6, 6.07) is 8.66. The predicted molar refractivity (Wildman–Crippen MR) is 72.0 cm³/mol. The minimum absolute atomic E-state index is 0.0516. The Hall–Kier alpha value is -1.82. The lowest BCUT2D eigenvalue weighted by molar-refractivity contribution is -0.136. The number of carboxylic acid groups (broad SMARTS) is 1. The van der Waals surface area contributed by atoms with Crippen molar-refractivity contribution in [3.05, 3.63) is 30.3 Å². The molecular weight excluding hydrogens is 266 g/mol. The van der Waals surface area contributed by atoms with E-state index in [0.717, 1.165) is 16.7 Å². The average molecular weight is 279 g/mol. The van der Waals surface area contributed by atoms with E-state index in [4.69, 9.17) is 5.11 Å². The van der Waals surface area contributed by atoms with Gasteiger partial charge in [0.2, 0.25) is 11.8 Å². The van der Waals surface area contributed by atoms with Gasteiger partial charge in [-0.25, -0.2) is 4.90 Å². The highest BCUT2D eigenvalue weighted by atomic mass is 32.2. The fraction of sp³-hybridized carbons (Fsp3) is 0.308. The molecule has 2 rings (SSSR count). The van der Waals surface area contributed by atoms with Crippen LogP contribution >= 0.6 is 11.8 Å². The highest BCUT2D eigenvalue weighted by Crippen LogP contribution is 2.31. The summed E-state index contributed by atoms with van der Waals surface area (Å²) in [7, 11) is 0. The van der Waals surface area contributed by atoms with E-state index in [2.05, 4.69) is 0 Å². The third-order valence-corrected chi connectivity index (χ3v) is 4.14. The maximum atomic E-state index is 12.2. The third-order valence-electron chi connectivity index (χ3n) is 2.84. The summed E-state index contributed by atoms with van der Waals surface area (Å²) >= 11 is 1.01. The van der Waals surface area contributed by atoms with E-state index in [0.29, 0.717) is 5.69 Å². The zero-order chi connectivity index (χ0) is 14.0. The number of imide groups is 1. The van der Waals surface area contributed by atoms with Crippen molar-refractivity contribution in [2.75, 3.05) is 4.90 Å². The van der Waals surface area contributed by atoms with Gasteiger partial charge in [0.15, 0.2) is 0 Å². The quantitative estimate of drug-likeness (QED) is 0.846. The van der Waals surface area contributed by atoms with Gasteiger partial charge >= 0.3 is 5.97 Å². The van der Waals surface area contributed by atoms with Gasteiger partial charge in [-0.2, -0.15) is 0 Å². The summed E-state index contributed by atoms with van der Waals surface area (Å²) < 4.78 is 0. The molecule has 0 unspecified atom stereocenters. The molecule has 1 aliphatic heterocycles. The van der Waals surface area contributed by atoms with E-state index in [9.17, 15) is 14.4 Å². The zero-order valence-electron chi connectivity index (χ0n) is 10.3. The lowest BCUT2D eigenvalue weighted by Crippen LogP contribution is -2.31. The Morgan fingerprint density at radius 3 is 2.58 bits per heavy atom. The number of hydrogen-bond donors (Lipinski definition) is 1. The largest absolute Gasteiger partial charge is 0.480 e. The standard InChI is InChI=1S/C13H13NO4S/c1-8(13(17)18)19-10-7-11(15)14(12(10)16)9-5-3-2-4-6-9/h2-6,8,10H,7H2,1H3,(H,17,18)/t8-,10+/m0/s1. The van der Waals surface area contributed by atoms with Crippen molar-refractivity contribution in [3.8, 4) is 0 Å². The van der Waals surface area contributed by atoms with Crippen LogP contribution in [0.2, 0.25) is 0 Å². The molecule has 0 radical (unpaired) electrons. The molecule has 0 aromatic heterocycles. The first kappa shape index (κ1) is 13.6. The number of nitrogens with zero attached hydrogens (tertiary/aromatic N) is 1. The van der Waals surface area contributed by atoms with Crippen LogP contribution in [0.4, 0.5) is 5.69 Å². The molecule has 1 aromatic carbocycles. The van der Waals surface area contributed by atoms with Gasteiger partial charge in [-0.1, -0.05) is 18.2 Å². The van der Waals surface area contributed by atoms with Crippen LogP contribution in [0.3, 0.4) is 0 Å². The molecule has 0 spiro atoms. The zero-order valence-corrected chi connectivity index (χ0v) is 11.1. The first-order valence-corrected chi connectivity index (χ1v) is 6.75. The fourth-order valence-electron chi connectivity index (χ4n) is 1.86.